The van der Waals surface area contributed by atoms with Crippen molar-refractivity contribution in [1.29, 1.82) is 0 Å². The molecule has 0 aliphatic rings. The van der Waals surface area contributed by atoms with Crippen molar-refractivity contribution in [3.05, 3.63) is 35.4 Å². The Morgan fingerprint density at radius 1 is 1.50 bits per heavy atom. The summed E-state index contributed by atoms with van der Waals surface area (Å²) in [5, 5.41) is 2.71. The van der Waals surface area contributed by atoms with Crippen LogP contribution < -0.4 is 11.1 Å². The number of rotatable bonds is 7. The van der Waals surface area contributed by atoms with E-state index in [0.717, 1.165) is 25.8 Å². The fourth-order valence-corrected chi connectivity index (χ4v) is 1.90. The maximum absolute atomic E-state index is 10.2. The van der Waals surface area contributed by atoms with Gasteiger partial charge in [0, 0.05) is 13.1 Å². The number of nitrogens with one attached hydrogen (secondary N) is 1. The number of carbonyl (C=O) groups is 1. The van der Waals surface area contributed by atoms with E-state index in [1.807, 2.05) is 12.1 Å². The molecule has 0 aromatic heterocycles. The predicted octanol–water partition coefficient (Wildman–Crippen LogP) is 1.78. The highest BCUT2D eigenvalue weighted by molar-refractivity contribution is 5.45. The molecule has 1 amide bonds. The third-order valence-electron chi connectivity index (χ3n) is 2.87. The van der Waals surface area contributed by atoms with Crippen LogP contribution >= 0.6 is 0 Å². The number of benzene rings is 1. The zero-order valence-corrected chi connectivity index (χ0v) is 9.78. The van der Waals surface area contributed by atoms with E-state index in [1.165, 1.54) is 11.1 Å². The van der Waals surface area contributed by atoms with Crippen LogP contribution in [0.3, 0.4) is 0 Å². The van der Waals surface area contributed by atoms with Crippen molar-refractivity contribution in [3.63, 3.8) is 0 Å². The molecule has 0 saturated carbocycles. The maximum Gasteiger partial charge on any atom is 0.207 e. The van der Waals surface area contributed by atoms with E-state index >= 15 is 0 Å². The number of hydrogen-bond donors (Lipinski definition) is 2. The summed E-state index contributed by atoms with van der Waals surface area (Å²) in [6.45, 7) is 3.48. The van der Waals surface area contributed by atoms with Crippen molar-refractivity contribution >= 4 is 6.41 Å². The van der Waals surface area contributed by atoms with Crippen molar-refractivity contribution in [2.24, 2.45) is 5.73 Å². The van der Waals surface area contributed by atoms with Crippen LogP contribution in [0.1, 0.15) is 36.8 Å². The molecule has 16 heavy (non-hydrogen) atoms. The van der Waals surface area contributed by atoms with E-state index in [2.05, 4.69) is 24.4 Å². The molecule has 1 aromatic carbocycles. The van der Waals surface area contributed by atoms with E-state index in [9.17, 15) is 4.79 Å². The molecule has 0 bridgehead atoms. The summed E-state index contributed by atoms with van der Waals surface area (Å²) in [4.78, 5) is 10.2. The molecule has 1 rings (SSSR count). The van der Waals surface area contributed by atoms with Crippen LogP contribution in [-0.4, -0.2) is 13.0 Å². The van der Waals surface area contributed by atoms with Gasteiger partial charge in [0.15, 0.2) is 0 Å². The third-order valence-corrected chi connectivity index (χ3v) is 2.87. The lowest BCUT2D eigenvalue weighted by molar-refractivity contribution is -0.109. The maximum atomic E-state index is 10.2. The van der Waals surface area contributed by atoms with Crippen LogP contribution in [0.15, 0.2) is 24.3 Å². The largest absolute Gasteiger partial charge is 0.359 e. The number of hydrogen-bond acceptors (Lipinski definition) is 2. The van der Waals surface area contributed by atoms with Crippen LogP contribution in [0.5, 0.6) is 0 Å². The topological polar surface area (TPSA) is 55.1 Å². The summed E-state index contributed by atoms with van der Waals surface area (Å²) >= 11 is 0. The Bertz CT molecular complexity index is 325. The second kappa shape index (κ2) is 7.01. The van der Waals surface area contributed by atoms with Gasteiger partial charge in [-0.05, 0) is 29.9 Å². The zero-order valence-electron chi connectivity index (χ0n) is 9.78. The Morgan fingerprint density at radius 2 is 2.31 bits per heavy atom. The lowest BCUT2D eigenvalue weighted by atomic mass is 9.92. The second-order valence-electron chi connectivity index (χ2n) is 3.91. The van der Waals surface area contributed by atoms with Gasteiger partial charge in [0.05, 0.1) is 0 Å². The molecular weight excluding hydrogens is 200 g/mol. The summed E-state index contributed by atoms with van der Waals surface area (Å²) in [6.07, 6.45) is 2.81. The van der Waals surface area contributed by atoms with Gasteiger partial charge in [-0.25, -0.2) is 0 Å². The minimum absolute atomic E-state index is 0.499. The summed E-state index contributed by atoms with van der Waals surface area (Å²) in [6, 6.07) is 8.39. The monoisotopic (exact) mass is 220 g/mol. The van der Waals surface area contributed by atoms with E-state index < -0.39 is 0 Å². The average molecular weight is 220 g/mol. The molecule has 3 nitrogen and oxygen atoms in total. The zero-order chi connectivity index (χ0) is 11.8. The van der Waals surface area contributed by atoms with Crippen molar-refractivity contribution in [2.75, 3.05) is 6.54 Å². The van der Waals surface area contributed by atoms with E-state index in [4.69, 9.17) is 5.73 Å². The summed E-state index contributed by atoms with van der Waals surface area (Å²) in [5.41, 5.74) is 8.11. The van der Waals surface area contributed by atoms with Crippen molar-refractivity contribution in [1.82, 2.24) is 5.32 Å². The number of carbonyl (C=O) groups excluding carboxylic acids is 1. The quantitative estimate of drug-likeness (QED) is 0.543. The predicted molar refractivity (Wildman–Crippen MR) is 66.0 cm³/mol. The smallest absolute Gasteiger partial charge is 0.207 e. The van der Waals surface area contributed by atoms with Gasteiger partial charge in [-0.2, -0.15) is 0 Å². The first-order chi connectivity index (χ1) is 7.81. The Morgan fingerprint density at radius 3 is 2.94 bits per heavy atom. The van der Waals surface area contributed by atoms with Gasteiger partial charge >= 0.3 is 0 Å². The lowest BCUT2D eigenvalue weighted by Crippen LogP contribution is -2.15. The molecule has 88 valence electrons. The number of amides is 1. The Hall–Kier alpha value is -1.35. The van der Waals surface area contributed by atoms with E-state index in [0.29, 0.717) is 12.5 Å². The molecule has 1 atom stereocenters. The first-order valence-electron chi connectivity index (χ1n) is 5.77. The minimum atomic E-state index is 0.499. The first-order valence-corrected chi connectivity index (χ1v) is 5.77. The van der Waals surface area contributed by atoms with Crippen LogP contribution in [0, 0.1) is 0 Å². The van der Waals surface area contributed by atoms with Gasteiger partial charge < -0.3 is 11.1 Å². The summed E-state index contributed by atoms with van der Waals surface area (Å²) in [5.74, 6) is 0.499. The minimum Gasteiger partial charge on any atom is -0.359 e. The van der Waals surface area contributed by atoms with Crippen molar-refractivity contribution in [3.8, 4) is 0 Å². The molecule has 3 heteroatoms. The first kappa shape index (κ1) is 12.7. The molecule has 0 fully saturated rings. The molecule has 1 aromatic rings. The molecular formula is C13H20N2O. The number of nitrogens with two attached hydrogens (primary N) is 1. The van der Waals surface area contributed by atoms with Gasteiger partial charge in [0.2, 0.25) is 6.41 Å². The standard InChI is InChI=1S/C13H20N2O/c1-2-12(6-7-15-10-16)13-5-3-4-11(8-13)9-14/h3-5,8,10,12H,2,6-7,9,14H2,1H3,(H,15,16). The van der Waals surface area contributed by atoms with E-state index in [1.54, 1.807) is 0 Å². The van der Waals surface area contributed by atoms with Crippen LogP contribution in [0.2, 0.25) is 0 Å². The van der Waals surface area contributed by atoms with Crippen molar-refractivity contribution in [2.45, 2.75) is 32.2 Å². The molecule has 0 aliphatic heterocycles. The average Bonchev–Trinajstić information content (AvgIpc) is 2.35. The highest BCUT2D eigenvalue weighted by atomic mass is 16.1. The second-order valence-corrected chi connectivity index (χ2v) is 3.91. The van der Waals surface area contributed by atoms with Gasteiger partial charge in [0.1, 0.15) is 0 Å². The summed E-state index contributed by atoms with van der Waals surface area (Å²) < 4.78 is 0. The fourth-order valence-electron chi connectivity index (χ4n) is 1.90. The Labute approximate surface area is 97.0 Å². The molecule has 0 spiro atoms. The molecule has 0 heterocycles. The van der Waals surface area contributed by atoms with Gasteiger partial charge in [-0.15, -0.1) is 0 Å². The van der Waals surface area contributed by atoms with Gasteiger partial charge in [0.25, 0.3) is 0 Å². The lowest BCUT2D eigenvalue weighted by Gasteiger charge is -2.15. The van der Waals surface area contributed by atoms with Gasteiger partial charge in [-0.1, -0.05) is 31.2 Å². The SMILES string of the molecule is CCC(CCNC=O)c1cccc(CN)c1. The van der Waals surface area contributed by atoms with E-state index in [-0.39, 0.29) is 0 Å². The molecule has 0 aliphatic carbocycles. The van der Waals surface area contributed by atoms with Crippen molar-refractivity contribution < 1.29 is 4.79 Å². The molecule has 0 radical (unpaired) electrons. The third kappa shape index (κ3) is 3.66. The Balaban J connectivity index is 2.65. The van der Waals surface area contributed by atoms with Crippen LogP contribution in [0.4, 0.5) is 0 Å². The van der Waals surface area contributed by atoms with Crippen LogP contribution in [0.25, 0.3) is 0 Å². The molecule has 3 N–H and O–H groups in total. The highest BCUT2D eigenvalue weighted by Gasteiger charge is 2.08. The highest BCUT2D eigenvalue weighted by Crippen LogP contribution is 2.23. The van der Waals surface area contributed by atoms with Gasteiger partial charge in [-0.3, -0.25) is 4.79 Å². The molecule has 0 saturated heterocycles. The Kier molecular flexibility index (Phi) is 5.57. The fraction of sp³-hybridized carbons (Fsp3) is 0.462. The van der Waals surface area contributed by atoms with Crippen LogP contribution in [-0.2, 0) is 11.3 Å². The summed E-state index contributed by atoms with van der Waals surface area (Å²) in [7, 11) is 0. The normalized spacial score (nSPS) is 12.1. The molecule has 1 unspecified atom stereocenters.